The van der Waals surface area contributed by atoms with E-state index < -0.39 is 0 Å². The van der Waals surface area contributed by atoms with Gasteiger partial charge in [-0.05, 0) is 17.7 Å². The summed E-state index contributed by atoms with van der Waals surface area (Å²) in [5, 5.41) is 11.3. The number of hydrogen-bond donors (Lipinski definition) is 0. The van der Waals surface area contributed by atoms with E-state index in [1.807, 2.05) is 0 Å². The van der Waals surface area contributed by atoms with Crippen LogP contribution >= 0.6 is 27.5 Å². The van der Waals surface area contributed by atoms with E-state index in [1.54, 1.807) is 32.0 Å². The van der Waals surface area contributed by atoms with E-state index in [2.05, 4.69) is 15.9 Å². The normalized spacial score (nSPS) is 11.9. The molecule has 0 spiro atoms. The van der Waals surface area contributed by atoms with Gasteiger partial charge < -0.3 is 0 Å². The fraction of sp³-hybridized carbons (Fsp3) is 0.273. The Morgan fingerprint density at radius 3 is 2.62 bits per heavy atom. The topological polar surface area (TPSA) is 43.1 Å². The van der Waals surface area contributed by atoms with Gasteiger partial charge in [0.25, 0.3) is 0 Å². The van der Waals surface area contributed by atoms with Crippen molar-refractivity contribution in [1.29, 1.82) is 0 Å². The first-order valence-electron chi connectivity index (χ1n) is 4.73. The molecule has 0 unspecified atom stereocenters. The summed E-state index contributed by atoms with van der Waals surface area (Å²) in [5.74, 6) is -0.144. The predicted octanol–water partition coefficient (Wildman–Crippen LogP) is 4.38. The highest BCUT2D eigenvalue weighted by Crippen LogP contribution is 2.25. The molecule has 0 N–H and O–H groups in total. The molecule has 0 aliphatic carbocycles. The van der Waals surface area contributed by atoms with Gasteiger partial charge in [0, 0.05) is 21.5 Å². The smallest absolute Gasteiger partial charge is 0.249 e. The quantitative estimate of drug-likeness (QED) is 0.614. The van der Waals surface area contributed by atoms with Crippen LogP contribution in [0, 0.1) is 16.0 Å². The van der Waals surface area contributed by atoms with Gasteiger partial charge >= 0.3 is 0 Å². The van der Waals surface area contributed by atoms with Gasteiger partial charge in [0.1, 0.15) is 0 Å². The molecule has 0 atom stereocenters. The SMILES string of the molecule is CC(C)/C(=C/c1ccc(Br)cc1Cl)[N+](=O)[O-]. The summed E-state index contributed by atoms with van der Waals surface area (Å²) < 4.78 is 0.849. The lowest BCUT2D eigenvalue weighted by molar-refractivity contribution is -0.431. The summed E-state index contributed by atoms with van der Waals surface area (Å²) in [7, 11) is 0. The van der Waals surface area contributed by atoms with Crippen molar-refractivity contribution in [2.75, 3.05) is 0 Å². The number of nitrogens with zero attached hydrogens (tertiary/aromatic N) is 1. The first-order valence-corrected chi connectivity index (χ1v) is 5.90. The Kier molecular flexibility index (Phi) is 4.50. The maximum atomic E-state index is 10.8. The molecule has 16 heavy (non-hydrogen) atoms. The van der Waals surface area contributed by atoms with Crippen molar-refractivity contribution < 1.29 is 4.92 Å². The number of rotatable bonds is 3. The lowest BCUT2D eigenvalue weighted by Gasteiger charge is -2.03. The minimum Gasteiger partial charge on any atom is -0.259 e. The Hall–Kier alpha value is -0.870. The van der Waals surface area contributed by atoms with Crippen LogP contribution in [-0.2, 0) is 0 Å². The van der Waals surface area contributed by atoms with Crippen molar-refractivity contribution in [3.8, 4) is 0 Å². The van der Waals surface area contributed by atoms with Crippen LogP contribution in [0.3, 0.4) is 0 Å². The molecule has 0 saturated carbocycles. The lowest BCUT2D eigenvalue weighted by Crippen LogP contribution is -2.05. The van der Waals surface area contributed by atoms with Crippen LogP contribution in [-0.4, -0.2) is 4.92 Å². The molecule has 3 nitrogen and oxygen atoms in total. The first kappa shape index (κ1) is 13.2. The van der Waals surface area contributed by atoms with Crippen LogP contribution in [0.25, 0.3) is 6.08 Å². The molecule has 1 rings (SSSR count). The van der Waals surface area contributed by atoms with Crippen molar-refractivity contribution in [2.45, 2.75) is 13.8 Å². The largest absolute Gasteiger partial charge is 0.259 e. The van der Waals surface area contributed by atoms with Crippen LogP contribution < -0.4 is 0 Å². The average molecular weight is 305 g/mol. The Balaban J connectivity index is 3.18. The van der Waals surface area contributed by atoms with Gasteiger partial charge in [-0.3, -0.25) is 10.1 Å². The second kappa shape index (κ2) is 5.46. The maximum Gasteiger partial charge on any atom is 0.249 e. The minimum atomic E-state index is -0.372. The van der Waals surface area contributed by atoms with E-state index in [9.17, 15) is 10.1 Å². The van der Waals surface area contributed by atoms with Crippen LogP contribution in [0.4, 0.5) is 0 Å². The summed E-state index contributed by atoms with van der Waals surface area (Å²) in [6.45, 7) is 3.56. The summed E-state index contributed by atoms with van der Waals surface area (Å²) in [6, 6.07) is 5.26. The predicted molar refractivity (Wildman–Crippen MR) is 69.0 cm³/mol. The van der Waals surface area contributed by atoms with Gasteiger partial charge in [-0.1, -0.05) is 47.4 Å². The molecule has 0 radical (unpaired) electrons. The van der Waals surface area contributed by atoms with E-state index in [1.165, 1.54) is 6.08 Å². The highest BCUT2D eigenvalue weighted by atomic mass is 79.9. The molecule has 0 saturated heterocycles. The van der Waals surface area contributed by atoms with E-state index in [0.717, 1.165) is 4.47 Å². The first-order chi connectivity index (χ1) is 7.41. The number of nitro groups is 1. The second-order valence-corrected chi connectivity index (χ2v) is 4.97. The van der Waals surface area contributed by atoms with Crippen LogP contribution in [0.1, 0.15) is 19.4 Å². The molecule has 5 heteroatoms. The molecule has 0 heterocycles. The number of benzene rings is 1. The summed E-state index contributed by atoms with van der Waals surface area (Å²) in [4.78, 5) is 10.4. The third kappa shape index (κ3) is 3.32. The zero-order valence-electron chi connectivity index (χ0n) is 8.91. The molecule has 0 aliphatic rings. The molecule has 1 aromatic carbocycles. The minimum absolute atomic E-state index is 0.144. The standard InChI is InChI=1S/C11H11BrClNO2/c1-7(2)11(14(15)16)5-8-3-4-9(12)6-10(8)13/h3-7H,1-2H3/b11-5-. The van der Waals surface area contributed by atoms with Crippen molar-refractivity contribution in [3.63, 3.8) is 0 Å². The lowest BCUT2D eigenvalue weighted by atomic mass is 10.1. The van der Waals surface area contributed by atoms with Gasteiger partial charge in [-0.15, -0.1) is 0 Å². The maximum absolute atomic E-state index is 10.8. The molecule has 0 aromatic heterocycles. The van der Waals surface area contributed by atoms with Crippen LogP contribution in [0.5, 0.6) is 0 Å². The number of hydrogen-bond acceptors (Lipinski definition) is 2. The third-order valence-corrected chi connectivity index (χ3v) is 2.89. The van der Waals surface area contributed by atoms with E-state index >= 15 is 0 Å². The monoisotopic (exact) mass is 303 g/mol. The van der Waals surface area contributed by atoms with E-state index in [-0.39, 0.29) is 16.5 Å². The molecule has 0 bridgehead atoms. The zero-order valence-corrected chi connectivity index (χ0v) is 11.2. The Bertz CT molecular complexity index is 444. The molecule has 1 aromatic rings. The van der Waals surface area contributed by atoms with Crippen molar-refractivity contribution >= 4 is 33.6 Å². The molecule has 0 amide bonds. The van der Waals surface area contributed by atoms with E-state index in [0.29, 0.717) is 10.6 Å². The van der Waals surface area contributed by atoms with Gasteiger partial charge in [0.05, 0.1) is 4.92 Å². The van der Waals surface area contributed by atoms with Crippen molar-refractivity contribution in [1.82, 2.24) is 0 Å². The van der Waals surface area contributed by atoms with Gasteiger partial charge in [0.2, 0.25) is 5.70 Å². The van der Waals surface area contributed by atoms with Gasteiger partial charge in [-0.2, -0.15) is 0 Å². The Labute approximate surface area is 107 Å². The summed E-state index contributed by atoms with van der Waals surface area (Å²) >= 11 is 9.27. The second-order valence-electron chi connectivity index (χ2n) is 3.65. The van der Waals surface area contributed by atoms with Gasteiger partial charge in [-0.25, -0.2) is 0 Å². The average Bonchev–Trinajstić information content (AvgIpc) is 2.15. The number of halogens is 2. The fourth-order valence-electron chi connectivity index (χ4n) is 1.21. The Morgan fingerprint density at radius 2 is 2.19 bits per heavy atom. The highest BCUT2D eigenvalue weighted by molar-refractivity contribution is 9.10. The molecular weight excluding hydrogens is 293 g/mol. The number of allylic oxidation sites excluding steroid dienone is 1. The highest BCUT2D eigenvalue weighted by Gasteiger charge is 2.16. The molecule has 86 valence electrons. The summed E-state index contributed by atoms with van der Waals surface area (Å²) in [6.07, 6.45) is 1.51. The van der Waals surface area contributed by atoms with Crippen molar-refractivity contribution in [2.24, 2.45) is 5.92 Å². The molecule has 0 aliphatic heterocycles. The molecular formula is C11H11BrClNO2. The van der Waals surface area contributed by atoms with E-state index in [4.69, 9.17) is 11.6 Å². The zero-order chi connectivity index (χ0) is 12.3. The van der Waals surface area contributed by atoms with Crippen LogP contribution in [0.15, 0.2) is 28.4 Å². The fourth-order valence-corrected chi connectivity index (χ4v) is 1.94. The summed E-state index contributed by atoms with van der Waals surface area (Å²) in [5.41, 5.74) is 0.814. The molecule has 0 fully saturated rings. The van der Waals surface area contributed by atoms with Crippen LogP contribution in [0.2, 0.25) is 5.02 Å². The third-order valence-electron chi connectivity index (χ3n) is 2.07. The Morgan fingerprint density at radius 1 is 1.56 bits per heavy atom. The van der Waals surface area contributed by atoms with Crippen molar-refractivity contribution in [3.05, 3.63) is 49.1 Å². The van der Waals surface area contributed by atoms with Gasteiger partial charge in [0.15, 0.2) is 0 Å².